The molecule has 0 unspecified atom stereocenters. The molecule has 0 aliphatic rings. The molecule has 0 spiro atoms. The van der Waals surface area contributed by atoms with E-state index in [-0.39, 0.29) is 12.5 Å². The van der Waals surface area contributed by atoms with Crippen LogP contribution in [0.1, 0.15) is 17.0 Å². The van der Waals surface area contributed by atoms with Crippen molar-refractivity contribution in [1.82, 2.24) is 9.55 Å². The second kappa shape index (κ2) is 8.53. The molecule has 5 heteroatoms. The van der Waals surface area contributed by atoms with Crippen LogP contribution in [0.25, 0.3) is 11.0 Å². The normalized spacial score (nSPS) is 11.0. The number of hydrogen-bond donors (Lipinski definition) is 1. The van der Waals surface area contributed by atoms with Crippen molar-refractivity contribution in [3.8, 4) is 0 Å². The number of aromatic nitrogens is 2. The van der Waals surface area contributed by atoms with E-state index in [0.717, 1.165) is 27.4 Å². The van der Waals surface area contributed by atoms with Crippen molar-refractivity contribution in [3.63, 3.8) is 0 Å². The summed E-state index contributed by atoms with van der Waals surface area (Å²) in [5.74, 6) is 0.839. The molecule has 0 saturated carbocycles. The van der Waals surface area contributed by atoms with Crippen LogP contribution in [0.3, 0.4) is 0 Å². The number of carbonyl (C=O) groups is 1. The number of benzene rings is 3. The van der Waals surface area contributed by atoms with Gasteiger partial charge in [-0.2, -0.15) is 0 Å². The molecule has 1 amide bonds. The Morgan fingerprint density at radius 2 is 1.83 bits per heavy atom. The van der Waals surface area contributed by atoms with Crippen LogP contribution in [0.15, 0.2) is 77.7 Å². The highest BCUT2D eigenvalue weighted by molar-refractivity contribution is 7.98. The van der Waals surface area contributed by atoms with E-state index in [0.29, 0.717) is 6.42 Å². The molecule has 1 aromatic heterocycles. The third-order valence-corrected chi connectivity index (χ3v) is 5.72. The Morgan fingerprint density at radius 3 is 2.66 bits per heavy atom. The highest BCUT2D eigenvalue weighted by Crippen LogP contribution is 2.21. The quantitative estimate of drug-likeness (QED) is 0.446. The van der Waals surface area contributed by atoms with Crippen LogP contribution in [0.4, 0.5) is 5.69 Å². The van der Waals surface area contributed by atoms with E-state index < -0.39 is 0 Å². The lowest BCUT2D eigenvalue weighted by Gasteiger charge is -2.12. The van der Waals surface area contributed by atoms with Gasteiger partial charge in [-0.05, 0) is 54.6 Å². The second-order valence-corrected chi connectivity index (χ2v) is 7.87. The van der Waals surface area contributed by atoms with Gasteiger partial charge in [-0.1, -0.05) is 42.5 Å². The SMILES string of the molecule is CSc1cccc(NC(=O)Cn2c(Cc3ccccc3C)nc3ccccc32)c1. The standard InChI is InChI=1S/C24H23N3OS/c1-17-8-3-4-9-18(17)14-23-26-21-12-5-6-13-22(21)27(23)16-24(28)25-19-10-7-11-20(15-19)29-2/h3-13,15H,14,16H2,1-2H3,(H,25,28). The highest BCUT2D eigenvalue weighted by Gasteiger charge is 2.15. The monoisotopic (exact) mass is 401 g/mol. The first-order chi connectivity index (χ1) is 14.1. The summed E-state index contributed by atoms with van der Waals surface area (Å²) in [6.07, 6.45) is 2.72. The number of carbonyl (C=O) groups excluding carboxylic acids is 1. The number of nitrogens with zero attached hydrogens (tertiary/aromatic N) is 2. The summed E-state index contributed by atoms with van der Waals surface area (Å²) in [6, 6.07) is 24.2. The minimum Gasteiger partial charge on any atom is -0.324 e. The zero-order valence-electron chi connectivity index (χ0n) is 16.6. The van der Waals surface area contributed by atoms with Crippen molar-refractivity contribution in [2.24, 2.45) is 0 Å². The van der Waals surface area contributed by atoms with E-state index in [9.17, 15) is 4.79 Å². The van der Waals surface area contributed by atoms with Crippen molar-refractivity contribution in [1.29, 1.82) is 0 Å². The number of nitrogens with one attached hydrogen (secondary N) is 1. The average molecular weight is 402 g/mol. The maximum atomic E-state index is 12.8. The number of fused-ring (bicyclic) bond motifs is 1. The zero-order chi connectivity index (χ0) is 20.2. The van der Waals surface area contributed by atoms with Gasteiger partial charge in [0.15, 0.2) is 0 Å². The Kier molecular flexibility index (Phi) is 5.67. The van der Waals surface area contributed by atoms with E-state index >= 15 is 0 Å². The minimum absolute atomic E-state index is 0.0579. The van der Waals surface area contributed by atoms with E-state index in [1.54, 1.807) is 11.8 Å². The number of thioether (sulfide) groups is 1. The summed E-state index contributed by atoms with van der Waals surface area (Å²) in [5.41, 5.74) is 5.14. The van der Waals surface area contributed by atoms with Crippen LogP contribution in [-0.4, -0.2) is 21.7 Å². The third kappa shape index (κ3) is 4.35. The number of hydrogen-bond acceptors (Lipinski definition) is 3. The highest BCUT2D eigenvalue weighted by atomic mass is 32.2. The van der Waals surface area contributed by atoms with Gasteiger partial charge < -0.3 is 9.88 Å². The number of rotatable bonds is 6. The van der Waals surface area contributed by atoms with E-state index in [4.69, 9.17) is 4.98 Å². The van der Waals surface area contributed by atoms with Crippen LogP contribution < -0.4 is 5.32 Å². The number of para-hydroxylation sites is 2. The Hall–Kier alpha value is -3.05. The molecule has 1 N–H and O–H groups in total. The summed E-state index contributed by atoms with van der Waals surface area (Å²) in [7, 11) is 0. The van der Waals surface area contributed by atoms with Crippen LogP contribution in [0, 0.1) is 6.92 Å². The molecule has 0 radical (unpaired) electrons. The topological polar surface area (TPSA) is 46.9 Å². The second-order valence-electron chi connectivity index (χ2n) is 6.99. The van der Waals surface area contributed by atoms with Gasteiger partial charge in [0.05, 0.1) is 11.0 Å². The molecular weight excluding hydrogens is 378 g/mol. The summed E-state index contributed by atoms with van der Waals surface area (Å²) in [6.45, 7) is 2.33. The van der Waals surface area contributed by atoms with Gasteiger partial charge >= 0.3 is 0 Å². The Bertz CT molecular complexity index is 1170. The molecule has 0 bridgehead atoms. The number of amides is 1. The van der Waals surface area contributed by atoms with Gasteiger partial charge in [-0.25, -0.2) is 4.98 Å². The summed E-state index contributed by atoms with van der Waals surface area (Å²) < 4.78 is 2.02. The molecule has 4 aromatic rings. The zero-order valence-corrected chi connectivity index (χ0v) is 17.4. The largest absolute Gasteiger partial charge is 0.324 e. The van der Waals surface area contributed by atoms with Crippen molar-refractivity contribution < 1.29 is 4.79 Å². The average Bonchev–Trinajstić information content (AvgIpc) is 3.07. The Labute approximate surface area is 175 Å². The van der Waals surface area contributed by atoms with Gasteiger partial charge in [-0.3, -0.25) is 4.79 Å². The van der Waals surface area contributed by atoms with Crippen molar-refractivity contribution in [2.75, 3.05) is 11.6 Å². The van der Waals surface area contributed by atoms with Crippen LogP contribution in [-0.2, 0) is 17.8 Å². The van der Waals surface area contributed by atoms with Gasteiger partial charge in [0.2, 0.25) is 5.91 Å². The predicted octanol–water partition coefficient (Wildman–Crippen LogP) is 5.30. The number of imidazole rings is 1. The minimum atomic E-state index is -0.0579. The molecule has 0 atom stereocenters. The fraction of sp³-hybridized carbons (Fsp3) is 0.167. The van der Waals surface area contributed by atoms with Gasteiger partial charge in [0, 0.05) is 17.0 Å². The molecule has 0 aliphatic carbocycles. The summed E-state index contributed by atoms with van der Waals surface area (Å²) >= 11 is 1.66. The Morgan fingerprint density at radius 1 is 1.03 bits per heavy atom. The van der Waals surface area contributed by atoms with Crippen LogP contribution in [0.2, 0.25) is 0 Å². The molecule has 0 fully saturated rings. The fourth-order valence-electron chi connectivity index (χ4n) is 3.46. The summed E-state index contributed by atoms with van der Waals surface area (Å²) in [4.78, 5) is 18.8. The van der Waals surface area contributed by atoms with Crippen LogP contribution in [0.5, 0.6) is 0 Å². The van der Waals surface area contributed by atoms with Crippen molar-refractivity contribution >= 4 is 34.4 Å². The van der Waals surface area contributed by atoms with Gasteiger partial charge in [0.1, 0.15) is 12.4 Å². The number of aryl methyl sites for hydroxylation is 1. The van der Waals surface area contributed by atoms with Gasteiger partial charge in [0.25, 0.3) is 0 Å². The molecule has 1 heterocycles. The first-order valence-electron chi connectivity index (χ1n) is 9.56. The molecule has 4 rings (SSSR count). The molecule has 4 nitrogen and oxygen atoms in total. The molecule has 146 valence electrons. The van der Waals surface area contributed by atoms with Gasteiger partial charge in [-0.15, -0.1) is 11.8 Å². The molecule has 0 aliphatic heterocycles. The van der Waals surface area contributed by atoms with E-state index in [1.807, 2.05) is 71.5 Å². The van der Waals surface area contributed by atoms with Crippen LogP contribution >= 0.6 is 11.8 Å². The fourth-order valence-corrected chi connectivity index (χ4v) is 3.92. The number of anilines is 1. The first-order valence-corrected chi connectivity index (χ1v) is 10.8. The maximum Gasteiger partial charge on any atom is 0.244 e. The van der Waals surface area contributed by atoms with E-state index in [2.05, 4.69) is 24.4 Å². The molecule has 29 heavy (non-hydrogen) atoms. The first kappa shape index (κ1) is 19.3. The lowest BCUT2D eigenvalue weighted by Crippen LogP contribution is -2.20. The predicted molar refractivity (Wildman–Crippen MR) is 121 cm³/mol. The molecule has 3 aromatic carbocycles. The molecule has 0 saturated heterocycles. The lowest BCUT2D eigenvalue weighted by molar-refractivity contribution is -0.116. The van der Waals surface area contributed by atoms with E-state index in [1.165, 1.54) is 11.1 Å². The third-order valence-electron chi connectivity index (χ3n) is 5.00. The summed E-state index contributed by atoms with van der Waals surface area (Å²) in [5, 5.41) is 3.02. The Balaban J connectivity index is 1.63. The maximum absolute atomic E-state index is 12.8. The van der Waals surface area contributed by atoms with Crippen molar-refractivity contribution in [2.45, 2.75) is 24.8 Å². The lowest BCUT2D eigenvalue weighted by atomic mass is 10.1. The van der Waals surface area contributed by atoms with Crippen molar-refractivity contribution in [3.05, 3.63) is 89.7 Å². The molecular formula is C24H23N3OS. The smallest absolute Gasteiger partial charge is 0.244 e.